The van der Waals surface area contributed by atoms with Gasteiger partial charge in [-0.2, -0.15) is 13.2 Å². The average molecular weight is 540 g/mol. The third-order valence-corrected chi connectivity index (χ3v) is 8.59. The molecule has 2 aliphatic heterocycles. The van der Waals surface area contributed by atoms with E-state index in [1.165, 1.54) is 11.0 Å². The van der Waals surface area contributed by atoms with Crippen LogP contribution in [-0.4, -0.2) is 39.4 Å². The van der Waals surface area contributed by atoms with Crippen LogP contribution in [0.1, 0.15) is 83.5 Å². The first-order chi connectivity index (χ1) is 18.5. The van der Waals surface area contributed by atoms with Gasteiger partial charge in [-0.3, -0.25) is 4.79 Å². The van der Waals surface area contributed by atoms with Gasteiger partial charge in [0.1, 0.15) is 12.2 Å². The van der Waals surface area contributed by atoms with E-state index in [0.717, 1.165) is 30.7 Å². The highest BCUT2D eigenvalue weighted by Gasteiger charge is 2.42. The van der Waals surface area contributed by atoms with Crippen LogP contribution < -0.4 is 10.2 Å². The van der Waals surface area contributed by atoms with Gasteiger partial charge >= 0.3 is 6.18 Å². The van der Waals surface area contributed by atoms with Gasteiger partial charge in [0, 0.05) is 35.8 Å². The van der Waals surface area contributed by atoms with Crippen molar-refractivity contribution in [2.24, 2.45) is 13.0 Å². The first-order valence-corrected chi connectivity index (χ1v) is 13.4. The number of rotatable bonds is 7. The Labute approximate surface area is 225 Å². The highest BCUT2D eigenvalue weighted by atomic mass is 19.4. The number of halogens is 3. The summed E-state index contributed by atoms with van der Waals surface area (Å²) < 4.78 is 50.2. The Morgan fingerprint density at radius 3 is 2.51 bits per heavy atom. The molecule has 2 atom stereocenters. The highest BCUT2D eigenvalue weighted by molar-refractivity contribution is 6.10. The zero-order valence-corrected chi connectivity index (χ0v) is 22.3. The van der Waals surface area contributed by atoms with Gasteiger partial charge in [-0.05, 0) is 74.1 Å². The summed E-state index contributed by atoms with van der Waals surface area (Å²) in [6, 6.07) is 10.00. The van der Waals surface area contributed by atoms with Crippen LogP contribution in [0, 0.1) is 5.92 Å². The maximum absolute atomic E-state index is 14.3. The summed E-state index contributed by atoms with van der Waals surface area (Å²) in [6.07, 6.45) is 0.147. The number of amides is 1. The number of hydrogen-bond acceptors (Lipinski definition) is 5. The van der Waals surface area contributed by atoms with E-state index in [9.17, 15) is 18.0 Å². The van der Waals surface area contributed by atoms with E-state index >= 15 is 0 Å². The molecule has 6 rings (SSSR count). The zero-order chi connectivity index (χ0) is 27.5. The molecule has 7 nitrogen and oxygen atoms in total. The maximum Gasteiger partial charge on any atom is 0.416 e. The van der Waals surface area contributed by atoms with E-state index in [0.29, 0.717) is 24.5 Å². The van der Waals surface area contributed by atoms with Crippen LogP contribution in [0.5, 0.6) is 0 Å². The molecule has 206 valence electrons. The molecule has 10 heteroatoms. The lowest BCUT2D eigenvalue weighted by molar-refractivity contribution is -0.138. The fourth-order valence-electron chi connectivity index (χ4n) is 6.14. The first kappa shape index (κ1) is 26.0. The standard InChI is InChI=1S/C29H32F3N5O2/c1-17(34-28(2)8-5-9-28)19-11-22-23(24(12-19)29(30,31)32)13-37(27(22)38)21-7-4-6-18(10-21)25(20-14-39-15-20)26-35-33-16-36(26)3/h4,6-7,10-12,16-17,20,25,34H,5,8-9,13-15H2,1-3H3/t17-,25?/m1/s1. The van der Waals surface area contributed by atoms with Crippen molar-refractivity contribution in [1.29, 1.82) is 0 Å². The average Bonchev–Trinajstić information content (AvgIpc) is 3.41. The minimum absolute atomic E-state index is 0.0287. The van der Waals surface area contributed by atoms with E-state index in [1.807, 2.05) is 36.7 Å². The van der Waals surface area contributed by atoms with E-state index in [-0.39, 0.29) is 41.1 Å². The molecule has 39 heavy (non-hydrogen) atoms. The molecule has 1 saturated carbocycles. The molecular formula is C29H32F3N5O2. The Hall–Kier alpha value is -3.24. The summed E-state index contributed by atoms with van der Waals surface area (Å²) in [4.78, 5) is 15.1. The molecule has 1 aliphatic carbocycles. The monoisotopic (exact) mass is 539 g/mol. The van der Waals surface area contributed by atoms with Crippen LogP contribution in [0.4, 0.5) is 18.9 Å². The van der Waals surface area contributed by atoms with E-state index in [1.54, 1.807) is 18.5 Å². The number of nitrogens with zero attached hydrogens (tertiary/aromatic N) is 4. The van der Waals surface area contributed by atoms with Gasteiger partial charge in [-0.25, -0.2) is 0 Å². The molecule has 3 heterocycles. The number of alkyl halides is 3. The molecule has 2 aromatic carbocycles. The zero-order valence-electron chi connectivity index (χ0n) is 22.3. The predicted molar refractivity (Wildman–Crippen MR) is 139 cm³/mol. The van der Waals surface area contributed by atoms with Crippen molar-refractivity contribution in [3.8, 4) is 0 Å². The lowest BCUT2D eigenvalue weighted by Gasteiger charge is -2.42. The van der Waals surface area contributed by atoms with E-state index < -0.39 is 17.6 Å². The van der Waals surface area contributed by atoms with Gasteiger partial charge in [-0.15, -0.1) is 10.2 Å². The van der Waals surface area contributed by atoms with E-state index in [2.05, 4.69) is 22.4 Å². The lowest BCUT2D eigenvalue weighted by Crippen LogP contribution is -2.49. The topological polar surface area (TPSA) is 72.3 Å². The first-order valence-electron chi connectivity index (χ1n) is 13.4. The van der Waals surface area contributed by atoms with Gasteiger partial charge in [0.25, 0.3) is 5.91 Å². The number of benzene rings is 2. The Kier molecular flexibility index (Phi) is 6.30. The minimum atomic E-state index is -4.57. The van der Waals surface area contributed by atoms with Gasteiger partial charge in [-0.1, -0.05) is 12.1 Å². The molecule has 2 fully saturated rings. The molecule has 1 saturated heterocycles. The number of nitrogens with one attached hydrogen (secondary N) is 1. The van der Waals surface area contributed by atoms with Crippen LogP contribution >= 0.6 is 0 Å². The van der Waals surface area contributed by atoms with Crippen molar-refractivity contribution in [3.63, 3.8) is 0 Å². The molecular weight excluding hydrogens is 507 g/mol. The normalized spacial score (nSPS) is 20.4. The third kappa shape index (κ3) is 4.63. The quantitative estimate of drug-likeness (QED) is 0.437. The van der Waals surface area contributed by atoms with Gasteiger partial charge in [0.2, 0.25) is 0 Å². The van der Waals surface area contributed by atoms with Crippen molar-refractivity contribution in [1.82, 2.24) is 20.1 Å². The summed E-state index contributed by atoms with van der Waals surface area (Å²) in [7, 11) is 1.88. The largest absolute Gasteiger partial charge is 0.416 e. The Balaban J connectivity index is 1.35. The lowest BCUT2D eigenvalue weighted by atomic mass is 9.77. The second-order valence-electron chi connectivity index (χ2n) is 11.4. The Bertz CT molecular complexity index is 1410. The Morgan fingerprint density at radius 2 is 1.92 bits per heavy atom. The van der Waals surface area contributed by atoms with Crippen LogP contribution in [0.2, 0.25) is 0 Å². The molecule has 1 unspecified atom stereocenters. The second kappa shape index (κ2) is 9.45. The molecule has 1 amide bonds. The molecule has 3 aromatic rings. The smallest absolute Gasteiger partial charge is 0.381 e. The summed E-state index contributed by atoms with van der Waals surface area (Å²) in [5.41, 5.74) is 1.28. The maximum atomic E-state index is 14.3. The highest BCUT2D eigenvalue weighted by Crippen LogP contribution is 2.42. The van der Waals surface area contributed by atoms with Gasteiger partial charge in [0.05, 0.1) is 31.2 Å². The van der Waals surface area contributed by atoms with Gasteiger partial charge in [0.15, 0.2) is 0 Å². The number of anilines is 1. The Morgan fingerprint density at radius 1 is 1.15 bits per heavy atom. The summed E-state index contributed by atoms with van der Waals surface area (Å²) in [5.74, 6) is 0.449. The molecule has 1 N–H and O–H groups in total. The van der Waals surface area contributed by atoms with Crippen molar-refractivity contribution in [3.05, 3.63) is 76.4 Å². The van der Waals surface area contributed by atoms with Crippen LogP contribution in [0.25, 0.3) is 0 Å². The molecule has 1 aromatic heterocycles. The number of aromatic nitrogens is 3. The number of aryl methyl sites for hydroxylation is 1. The van der Waals surface area contributed by atoms with Crippen LogP contribution in [0.3, 0.4) is 0 Å². The van der Waals surface area contributed by atoms with Crippen molar-refractivity contribution >= 4 is 11.6 Å². The SMILES string of the molecule is C[C@@H](NC1(C)CCC1)c1cc2c(c(C(F)(F)F)c1)CN(c1cccc(C(c3nncn3C)C3COC3)c1)C2=O. The fourth-order valence-corrected chi connectivity index (χ4v) is 6.14. The van der Waals surface area contributed by atoms with Crippen LogP contribution in [0.15, 0.2) is 42.7 Å². The number of carbonyl (C=O) groups is 1. The number of hydrogen-bond donors (Lipinski definition) is 1. The van der Waals surface area contributed by atoms with Gasteiger partial charge < -0.3 is 19.5 Å². The second-order valence-corrected chi connectivity index (χ2v) is 11.4. The number of fused-ring (bicyclic) bond motifs is 1. The fraction of sp³-hybridized carbons (Fsp3) is 0.483. The number of carbonyl (C=O) groups excluding carboxylic acids is 1. The minimum Gasteiger partial charge on any atom is -0.381 e. The third-order valence-electron chi connectivity index (χ3n) is 8.59. The van der Waals surface area contributed by atoms with Crippen molar-refractivity contribution < 1.29 is 22.7 Å². The summed E-state index contributed by atoms with van der Waals surface area (Å²) in [6.45, 7) is 4.99. The predicted octanol–water partition coefficient (Wildman–Crippen LogP) is 5.37. The van der Waals surface area contributed by atoms with E-state index in [4.69, 9.17) is 4.74 Å². The summed E-state index contributed by atoms with van der Waals surface area (Å²) >= 11 is 0. The summed E-state index contributed by atoms with van der Waals surface area (Å²) in [5, 5.41) is 11.8. The molecule has 0 bridgehead atoms. The molecule has 0 spiro atoms. The van der Waals surface area contributed by atoms with Crippen molar-refractivity contribution in [2.75, 3.05) is 18.1 Å². The number of ether oxygens (including phenoxy) is 1. The molecule has 3 aliphatic rings. The van der Waals surface area contributed by atoms with Crippen LogP contribution in [-0.2, 0) is 24.5 Å². The molecule has 0 radical (unpaired) electrons. The van der Waals surface area contributed by atoms with Crippen molar-refractivity contribution in [2.45, 2.75) is 63.3 Å².